The number of anilines is 1. The van der Waals surface area contributed by atoms with E-state index in [1.807, 2.05) is 37.3 Å². The standard InChI is InChI=1S/C22H21N5O4/c1-2-30-17-10-8-16(9-11-17)23-19(28)14-27-20(29)13-12-18(25-27)22-24-21(26-31-22)15-6-4-3-5-7-15/h3-11H,2,12-14H2,1H3,(H,23,28). The van der Waals surface area contributed by atoms with Crippen molar-refractivity contribution >= 4 is 23.2 Å². The zero-order valence-corrected chi connectivity index (χ0v) is 16.9. The third-order valence-corrected chi connectivity index (χ3v) is 4.55. The Hall–Kier alpha value is -4.01. The normalized spacial score (nSPS) is 13.6. The second kappa shape index (κ2) is 9.21. The molecule has 0 fully saturated rings. The monoisotopic (exact) mass is 419 g/mol. The maximum absolute atomic E-state index is 12.4. The number of carbonyl (C=O) groups excluding carboxylic acids is 2. The third kappa shape index (κ3) is 4.95. The molecule has 2 heterocycles. The summed E-state index contributed by atoms with van der Waals surface area (Å²) in [5, 5.41) is 12.2. The quantitative estimate of drug-likeness (QED) is 0.630. The molecule has 0 saturated carbocycles. The molecule has 0 saturated heterocycles. The van der Waals surface area contributed by atoms with E-state index in [0.717, 1.165) is 16.3 Å². The van der Waals surface area contributed by atoms with Crippen LogP contribution in [0.3, 0.4) is 0 Å². The van der Waals surface area contributed by atoms with Gasteiger partial charge in [-0.05, 0) is 31.2 Å². The lowest BCUT2D eigenvalue weighted by Crippen LogP contribution is -2.38. The van der Waals surface area contributed by atoms with Gasteiger partial charge in [-0.25, -0.2) is 5.01 Å². The highest BCUT2D eigenvalue weighted by atomic mass is 16.5. The fourth-order valence-electron chi connectivity index (χ4n) is 3.06. The van der Waals surface area contributed by atoms with Gasteiger partial charge in [0.1, 0.15) is 18.0 Å². The van der Waals surface area contributed by atoms with Crippen LogP contribution < -0.4 is 10.1 Å². The molecule has 0 spiro atoms. The van der Waals surface area contributed by atoms with Crippen molar-refractivity contribution in [3.8, 4) is 17.1 Å². The van der Waals surface area contributed by atoms with Crippen LogP contribution in [0.1, 0.15) is 25.7 Å². The number of amides is 2. The zero-order valence-electron chi connectivity index (χ0n) is 16.9. The SMILES string of the molecule is CCOc1ccc(NC(=O)CN2N=C(c3nc(-c4ccccc4)no3)CCC2=O)cc1. The maximum atomic E-state index is 12.4. The van der Waals surface area contributed by atoms with E-state index in [1.54, 1.807) is 24.3 Å². The van der Waals surface area contributed by atoms with Crippen molar-refractivity contribution in [1.29, 1.82) is 0 Å². The van der Waals surface area contributed by atoms with Crippen molar-refractivity contribution in [1.82, 2.24) is 15.1 Å². The number of hydrogen-bond donors (Lipinski definition) is 1. The fraction of sp³-hybridized carbons (Fsp3) is 0.227. The molecule has 1 aliphatic heterocycles. The maximum Gasteiger partial charge on any atom is 0.274 e. The summed E-state index contributed by atoms with van der Waals surface area (Å²) in [5.41, 5.74) is 1.89. The van der Waals surface area contributed by atoms with Crippen molar-refractivity contribution in [2.45, 2.75) is 19.8 Å². The molecule has 2 aromatic carbocycles. The lowest BCUT2D eigenvalue weighted by Gasteiger charge is -2.21. The van der Waals surface area contributed by atoms with Gasteiger partial charge in [0.05, 0.1) is 6.61 Å². The van der Waals surface area contributed by atoms with Crippen LogP contribution in [0.25, 0.3) is 11.4 Å². The van der Waals surface area contributed by atoms with Crippen LogP contribution in [-0.4, -0.2) is 45.8 Å². The summed E-state index contributed by atoms with van der Waals surface area (Å²) >= 11 is 0. The summed E-state index contributed by atoms with van der Waals surface area (Å²) in [4.78, 5) is 29.0. The van der Waals surface area contributed by atoms with Gasteiger partial charge in [-0.15, -0.1) is 0 Å². The Balaban J connectivity index is 1.43. The molecule has 31 heavy (non-hydrogen) atoms. The van der Waals surface area contributed by atoms with E-state index in [-0.39, 0.29) is 30.7 Å². The molecule has 0 radical (unpaired) electrons. The average molecular weight is 419 g/mol. The number of hydrogen-bond acceptors (Lipinski definition) is 7. The first-order chi connectivity index (χ1) is 15.1. The summed E-state index contributed by atoms with van der Waals surface area (Å²) < 4.78 is 10.7. The number of nitrogens with zero attached hydrogens (tertiary/aromatic N) is 4. The van der Waals surface area contributed by atoms with Crippen LogP contribution in [0.2, 0.25) is 0 Å². The number of aromatic nitrogens is 2. The molecular weight excluding hydrogens is 398 g/mol. The van der Waals surface area contributed by atoms with Crippen molar-refractivity contribution in [2.24, 2.45) is 5.10 Å². The predicted molar refractivity (Wildman–Crippen MR) is 113 cm³/mol. The lowest BCUT2D eigenvalue weighted by molar-refractivity contribution is -0.135. The van der Waals surface area contributed by atoms with Gasteiger partial charge in [0.25, 0.3) is 5.89 Å². The molecule has 3 aromatic rings. The molecule has 1 aromatic heterocycles. The minimum absolute atomic E-state index is 0.207. The van der Waals surface area contributed by atoms with Crippen LogP contribution >= 0.6 is 0 Å². The molecule has 0 bridgehead atoms. The van der Waals surface area contributed by atoms with Gasteiger partial charge in [-0.3, -0.25) is 9.59 Å². The Kier molecular flexibility index (Phi) is 6.02. The van der Waals surface area contributed by atoms with Crippen molar-refractivity contribution < 1.29 is 18.8 Å². The fourth-order valence-corrected chi connectivity index (χ4v) is 3.06. The molecular formula is C22H21N5O4. The Morgan fingerprint density at radius 1 is 1.13 bits per heavy atom. The molecule has 158 valence electrons. The van der Waals surface area contributed by atoms with Crippen LogP contribution in [0.15, 0.2) is 64.2 Å². The van der Waals surface area contributed by atoms with Crippen molar-refractivity contribution in [3.05, 3.63) is 60.5 Å². The Morgan fingerprint density at radius 2 is 1.90 bits per heavy atom. The minimum Gasteiger partial charge on any atom is -0.494 e. The summed E-state index contributed by atoms with van der Waals surface area (Å²) in [6, 6.07) is 16.4. The topological polar surface area (TPSA) is 110 Å². The molecule has 9 nitrogen and oxygen atoms in total. The summed E-state index contributed by atoms with van der Waals surface area (Å²) in [6.07, 6.45) is 0.574. The van der Waals surface area contributed by atoms with Crippen LogP contribution in [-0.2, 0) is 9.59 Å². The van der Waals surface area contributed by atoms with E-state index < -0.39 is 0 Å². The first-order valence-electron chi connectivity index (χ1n) is 9.92. The predicted octanol–water partition coefficient (Wildman–Crippen LogP) is 3.10. The van der Waals surface area contributed by atoms with Gasteiger partial charge >= 0.3 is 0 Å². The molecule has 2 amide bonds. The lowest BCUT2D eigenvalue weighted by atomic mass is 10.1. The second-order valence-electron chi connectivity index (χ2n) is 6.79. The highest BCUT2D eigenvalue weighted by Crippen LogP contribution is 2.19. The largest absolute Gasteiger partial charge is 0.494 e. The van der Waals surface area contributed by atoms with E-state index >= 15 is 0 Å². The van der Waals surface area contributed by atoms with E-state index in [9.17, 15) is 9.59 Å². The molecule has 1 aliphatic rings. The van der Waals surface area contributed by atoms with Gasteiger partial charge in [0.2, 0.25) is 17.6 Å². The molecule has 4 rings (SSSR count). The van der Waals surface area contributed by atoms with Crippen molar-refractivity contribution in [2.75, 3.05) is 18.5 Å². The average Bonchev–Trinajstić information content (AvgIpc) is 3.28. The molecule has 1 N–H and O–H groups in total. The first-order valence-corrected chi connectivity index (χ1v) is 9.92. The zero-order chi connectivity index (χ0) is 21.6. The van der Waals surface area contributed by atoms with E-state index in [0.29, 0.717) is 30.3 Å². The van der Waals surface area contributed by atoms with Gasteiger partial charge in [0, 0.05) is 24.1 Å². The van der Waals surface area contributed by atoms with Gasteiger partial charge in [-0.2, -0.15) is 10.1 Å². The van der Waals surface area contributed by atoms with Crippen LogP contribution in [0.5, 0.6) is 5.75 Å². The van der Waals surface area contributed by atoms with Crippen LogP contribution in [0, 0.1) is 0 Å². The third-order valence-electron chi connectivity index (χ3n) is 4.55. The van der Waals surface area contributed by atoms with Gasteiger partial charge in [0.15, 0.2) is 0 Å². The number of benzene rings is 2. The first kappa shape index (κ1) is 20.3. The minimum atomic E-state index is -0.363. The van der Waals surface area contributed by atoms with E-state index in [1.165, 1.54) is 0 Å². The molecule has 0 unspecified atom stereocenters. The number of rotatable bonds is 7. The summed E-state index contributed by atoms with van der Waals surface area (Å²) in [5.74, 6) is 0.792. The Bertz CT molecular complexity index is 1090. The summed E-state index contributed by atoms with van der Waals surface area (Å²) in [7, 11) is 0. The number of nitrogens with one attached hydrogen (secondary N) is 1. The second-order valence-corrected chi connectivity index (χ2v) is 6.79. The highest BCUT2D eigenvalue weighted by Gasteiger charge is 2.26. The van der Waals surface area contributed by atoms with E-state index in [2.05, 4.69) is 20.6 Å². The van der Waals surface area contributed by atoms with Gasteiger partial charge < -0.3 is 14.6 Å². The highest BCUT2D eigenvalue weighted by molar-refractivity contribution is 6.02. The Labute approximate surface area is 178 Å². The summed E-state index contributed by atoms with van der Waals surface area (Å²) in [6.45, 7) is 2.25. The Morgan fingerprint density at radius 3 is 2.65 bits per heavy atom. The number of carbonyl (C=O) groups is 2. The molecule has 0 atom stereocenters. The smallest absolute Gasteiger partial charge is 0.274 e. The molecule has 0 aliphatic carbocycles. The molecule has 9 heteroatoms. The van der Waals surface area contributed by atoms with E-state index in [4.69, 9.17) is 9.26 Å². The van der Waals surface area contributed by atoms with Gasteiger partial charge in [-0.1, -0.05) is 35.5 Å². The number of hydrazone groups is 1. The van der Waals surface area contributed by atoms with Crippen LogP contribution in [0.4, 0.5) is 5.69 Å². The number of ether oxygens (including phenoxy) is 1. The van der Waals surface area contributed by atoms with Crippen molar-refractivity contribution in [3.63, 3.8) is 0 Å².